The number of H-pyrrole nitrogens is 1. The normalized spacial score (nSPS) is 16.5. The molecular formula is C23H22F3N3O3S3. The van der Waals surface area contributed by atoms with Gasteiger partial charge in [0.05, 0.1) is 33.9 Å². The minimum atomic E-state index is -4.81. The average molecular weight is 542 g/mol. The van der Waals surface area contributed by atoms with Crippen molar-refractivity contribution in [3.63, 3.8) is 0 Å². The predicted molar refractivity (Wildman–Crippen MR) is 136 cm³/mol. The number of carbonyl (C=O) groups is 1. The number of benzene rings is 2. The van der Waals surface area contributed by atoms with Crippen LogP contribution in [0.15, 0.2) is 58.4 Å². The Labute approximate surface area is 209 Å². The van der Waals surface area contributed by atoms with Crippen LogP contribution in [-0.2, 0) is 21.0 Å². The Morgan fingerprint density at radius 3 is 2.69 bits per heavy atom. The Morgan fingerprint density at radius 2 is 1.97 bits per heavy atom. The number of sulfonamides is 1. The summed E-state index contributed by atoms with van der Waals surface area (Å²) in [6.45, 7) is 2.15. The minimum Gasteiger partial charge on any atom is -0.351 e. The highest BCUT2D eigenvalue weighted by molar-refractivity contribution is 8.15. The topological polar surface area (TPSA) is 82.6 Å². The largest absolute Gasteiger partial charge is 0.417 e. The highest BCUT2D eigenvalue weighted by atomic mass is 32.2. The molecular weight excluding hydrogens is 519 g/mol. The third kappa shape index (κ3) is 5.39. The third-order valence-electron chi connectivity index (χ3n) is 5.50. The molecule has 0 radical (unpaired) electrons. The first kappa shape index (κ1) is 25.6. The Kier molecular flexibility index (Phi) is 7.26. The first-order chi connectivity index (χ1) is 16.5. The number of aliphatic imine (C=N–C) groups is 1. The highest BCUT2D eigenvalue weighted by Gasteiger charge is 2.38. The zero-order chi connectivity index (χ0) is 25.4. The molecule has 35 heavy (non-hydrogen) atoms. The minimum absolute atomic E-state index is 0.0780. The quantitative estimate of drug-likeness (QED) is 0.425. The van der Waals surface area contributed by atoms with Crippen molar-refractivity contribution in [3.8, 4) is 0 Å². The van der Waals surface area contributed by atoms with Crippen LogP contribution in [0.1, 0.15) is 24.6 Å². The summed E-state index contributed by atoms with van der Waals surface area (Å²) in [5, 5.41) is 1.80. The molecule has 186 valence electrons. The summed E-state index contributed by atoms with van der Waals surface area (Å²) in [5.41, 5.74) is 0.207. The van der Waals surface area contributed by atoms with E-state index in [1.807, 2.05) is 6.07 Å². The molecule has 0 aliphatic carbocycles. The van der Waals surface area contributed by atoms with Crippen LogP contribution in [-0.4, -0.2) is 48.2 Å². The lowest BCUT2D eigenvalue weighted by atomic mass is 10.2. The van der Waals surface area contributed by atoms with E-state index in [0.29, 0.717) is 28.9 Å². The molecule has 12 heteroatoms. The lowest BCUT2D eigenvalue weighted by molar-refractivity contribution is -0.139. The van der Waals surface area contributed by atoms with Crippen LogP contribution in [0, 0.1) is 0 Å². The van der Waals surface area contributed by atoms with E-state index in [1.54, 1.807) is 30.0 Å². The van der Waals surface area contributed by atoms with Crippen molar-refractivity contribution in [2.45, 2.75) is 29.7 Å². The molecule has 1 N–H and O–H groups in total. The first-order valence-corrected chi connectivity index (χ1v) is 13.9. The van der Waals surface area contributed by atoms with Crippen molar-refractivity contribution in [2.24, 2.45) is 4.99 Å². The van der Waals surface area contributed by atoms with Gasteiger partial charge in [0.25, 0.3) is 10.0 Å². The van der Waals surface area contributed by atoms with Gasteiger partial charge in [0.15, 0.2) is 5.12 Å². The molecule has 0 amide bonds. The average Bonchev–Trinajstić information content (AvgIpc) is 3.44. The molecule has 0 spiro atoms. The fourth-order valence-electron chi connectivity index (χ4n) is 3.77. The molecule has 0 saturated carbocycles. The number of carbonyl (C=O) groups excluding carboxylic acids is 1. The maximum atomic E-state index is 13.5. The Bertz CT molecular complexity index is 1400. The lowest BCUT2D eigenvalue weighted by Crippen LogP contribution is -2.29. The van der Waals surface area contributed by atoms with Gasteiger partial charge in [-0.05, 0) is 30.7 Å². The molecule has 2 aromatic carbocycles. The van der Waals surface area contributed by atoms with E-state index >= 15 is 0 Å². The van der Waals surface area contributed by atoms with Gasteiger partial charge in [-0.15, -0.1) is 0 Å². The highest BCUT2D eigenvalue weighted by Crippen LogP contribution is 2.38. The van der Waals surface area contributed by atoms with Gasteiger partial charge in [-0.2, -0.15) is 13.2 Å². The molecule has 1 aliphatic heterocycles. The van der Waals surface area contributed by atoms with Gasteiger partial charge in [-0.25, -0.2) is 8.42 Å². The lowest BCUT2D eigenvalue weighted by Gasteiger charge is -2.22. The second kappa shape index (κ2) is 9.90. The van der Waals surface area contributed by atoms with Crippen LogP contribution >= 0.6 is 23.5 Å². The van der Waals surface area contributed by atoms with Crippen molar-refractivity contribution in [3.05, 3.63) is 59.8 Å². The van der Waals surface area contributed by atoms with E-state index in [4.69, 9.17) is 0 Å². The number of para-hydroxylation sites is 1. The predicted octanol–water partition coefficient (Wildman–Crippen LogP) is 5.54. The van der Waals surface area contributed by atoms with Crippen molar-refractivity contribution in [1.82, 2.24) is 4.98 Å². The van der Waals surface area contributed by atoms with Gasteiger partial charge in [0, 0.05) is 30.4 Å². The summed E-state index contributed by atoms with van der Waals surface area (Å²) >= 11 is 2.87. The van der Waals surface area contributed by atoms with Gasteiger partial charge < -0.3 is 4.98 Å². The van der Waals surface area contributed by atoms with Gasteiger partial charge in [-0.3, -0.25) is 14.1 Å². The molecule has 3 aromatic rings. The number of alkyl halides is 3. The second-order valence-electron chi connectivity index (χ2n) is 7.91. The Morgan fingerprint density at radius 1 is 1.23 bits per heavy atom. The summed E-state index contributed by atoms with van der Waals surface area (Å²) < 4.78 is 67.9. The number of hydrogen-bond donors (Lipinski definition) is 1. The Hall–Kier alpha value is -2.44. The van der Waals surface area contributed by atoms with E-state index in [1.165, 1.54) is 31.8 Å². The zero-order valence-electron chi connectivity index (χ0n) is 18.8. The molecule has 2 heterocycles. The maximum Gasteiger partial charge on any atom is 0.417 e. The number of thioether (sulfide) groups is 2. The van der Waals surface area contributed by atoms with Crippen LogP contribution in [0.3, 0.4) is 0 Å². The van der Waals surface area contributed by atoms with Gasteiger partial charge in [-0.1, -0.05) is 47.8 Å². The fourth-order valence-corrected chi connectivity index (χ4v) is 7.11. The van der Waals surface area contributed by atoms with Gasteiger partial charge >= 0.3 is 6.18 Å². The van der Waals surface area contributed by atoms with Gasteiger partial charge in [0.1, 0.15) is 5.04 Å². The number of rotatable bonds is 7. The smallest absolute Gasteiger partial charge is 0.351 e. The van der Waals surface area contributed by atoms with E-state index in [0.717, 1.165) is 34.0 Å². The fraction of sp³-hybridized carbons (Fsp3) is 0.304. The summed E-state index contributed by atoms with van der Waals surface area (Å²) in [6.07, 6.45) is -3.99. The van der Waals surface area contributed by atoms with Crippen LogP contribution in [0.5, 0.6) is 0 Å². The van der Waals surface area contributed by atoms with Crippen LogP contribution in [0.2, 0.25) is 0 Å². The van der Waals surface area contributed by atoms with Crippen LogP contribution in [0.25, 0.3) is 10.9 Å². The molecule has 4 rings (SSSR count). The summed E-state index contributed by atoms with van der Waals surface area (Å²) in [4.78, 5) is 18.1. The summed E-state index contributed by atoms with van der Waals surface area (Å²) in [6, 6.07) is 11.0. The van der Waals surface area contributed by atoms with Gasteiger partial charge in [0.2, 0.25) is 0 Å². The molecule has 6 nitrogen and oxygen atoms in total. The van der Waals surface area contributed by atoms with Crippen molar-refractivity contribution in [1.29, 1.82) is 0 Å². The number of halogens is 3. The first-order valence-electron chi connectivity index (χ1n) is 10.6. The third-order valence-corrected chi connectivity index (χ3v) is 9.46. The van der Waals surface area contributed by atoms with Crippen LogP contribution < -0.4 is 4.31 Å². The monoisotopic (exact) mass is 541 g/mol. The van der Waals surface area contributed by atoms with Crippen molar-refractivity contribution >= 4 is 60.3 Å². The van der Waals surface area contributed by atoms with E-state index in [-0.39, 0.29) is 16.1 Å². The number of fused-ring (bicyclic) bond motifs is 1. The van der Waals surface area contributed by atoms with E-state index in [9.17, 15) is 26.4 Å². The number of aromatic amines is 1. The molecule has 1 aromatic heterocycles. The number of nitrogens with zero attached hydrogens (tertiary/aromatic N) is 2. The Balaban J connectivity index is 1.63. The number of anilines is 1. The standard InChI is InChI=1S/C23H22F3N3O3S3/c1-14(30)33-11-10-16-13-27-22(34-16)18-12-15-6-5-8-19(21(15)28-18)29(2)35(31,32)20-9-4-3-7-17(20)23(24,25)26/h3-9,12,16,28H,10-11,13H2,1-2H3. The maximum absolute atomic E-state index is 13.5. The van der Waals surface area contributed by atoms with Crippen LogP contribution in [0.4, 0.5) is 18.9 Å². The molecule has 0 fully saturated rings. The molecule has 1 aliphatic rings. The molecule has 0 saturated heterocycles. The summed E-state index contributed by atoms with van der Waals surface area (Å²) in [5.74, 6) is 0.717. The number of aromatic nitrogens is 1. The van der Waals surface area contributed by atoms with E-state index < -0.39 is 26.7 Å². The molecule has 1 atom stereocenters. The SMILES string of the molecule is CC(=O)SCCC1CN=C(c2cc3cccc(N(C)S(=O)(=O)c4ccccc4C(F)(F)F)c3[nH]2)S1. The number of nitrogens with one attached hydrogen (secondary N) is 1. The zero-order valence-corrected chi connectivity index (χ0v) is 21.2. The molecule has 1 unspecified atom stereocenters. The second-order valence-corrected chi connectivity index (χ2v) is 12.4. The summed E-state index contributed by atoms with van der Waals surface area (Å²) in [7, 11) is -3.27. The molecule has 0 bridgehead atoms. The number of hydrogen-bond acceptors (Lipinski definition) is 6. The van der Waals surface area contributed by atoms with Crippen molar-refractivity contribution in [2.75, 3.05) is 23.7 Å². The van der Waals surface area contributed by atoms with Crippen molar-refractivity contribution < 1.29 is 26.4 Å². The van der Waals surface area contributed by atoms with E-state index in [2.05, 4.69) is 9.98 Å².